The number of nitrogens with one attached hydrogen (secondary N) is 3. The van der Waals surface area contributed by atoms with Gasteiger partial charge in [0, 0.05) is 44.1 Å². The summed E-state index contributed by atoms with van der Waals surface area (Å²) in [5, 5.41) is 16.4. The van der Waals surface area contributed by atoms with Crippen LogP contribution in [0.3, 0.4) is 0 Å². The van der Waals surface area contributed by atoms with Crippen LogP contribution in [0, 0.1) is 11.3 Å². The van der Waals surface area contributed by atoms with E-state index in [1.807, 2.05) is 6.07 Å². The second-order valence-corrected chi connectivity index (χ2v) is 8.49. The molecule has 0 saturated heterocycles. The number of aromatic amines is 1. The third-order valence-corrected chi connectivity index (χ3v) is 5.58. The van der Waals surface area contributed by atoms with Gasteiger partial charge in [-0.15, -0.1) is 0 Å². The van der Waals surface area contributed by atoms with Gasteiger partial charge in [0.1, 0.15) is 23.5 Å². The molecule has 4 rings (SSSR count). The zero-order valence-electron chi connectivity index (χ0n) is 20.2. The number of benzene rings is 1. The summed E-state index contributed by atoms with van der Waals surface area (Å²) in [6, 6.07) is 8.66. The number of nitrogens with zero attached hydrogens (tertiary/aromatic N) is 4. The Bertz CT molecular complexity index is 1510. The van der Waals surface area contributed by atoms with E-state index in [9.17, 15) is 19.6 Å². The molecule has 0 aliphatic carbocycles. The smallest absolute Gasteiger partial charge is 0.409 e. The SMILES string of the molecule is CN(C)C(=O)CC(Nc1[nH]c(=O)oc2cc3nccc3cc12)C(=O)NC(C#N)COCc1ccncc1. The first kappa shape index (κ1) is 25.3. The minimum absolute atomic E-state index is 0.0646. The largest absolute Gasteiger partial charge is 0.418 e. The number of pyridine rings is 1. The first-order valence-corrected chi connectivity index (χ1v) is 11.4. The summed E-state index contributed by atoms with van der Waals surface area (Å²) in [6.07, 6.45) is 4.66. The van der Waals surface area contributed by atoms with Crippen LogP contribution >= 0.6 is 0 Å². The summed E-state index contributed by atoms with van der Waals surface area (Å²) in [6.45, 7) is 0.175. The van der Waals surface area contributed by atoms with Gasteiger partial charge in [0.15, 0.2) is 0 Å². The number of carbonyl (C=O) groups excluding carboxylic acids is 2. The molecule has 2 amide bonds. The van der Waals surface area contributed by atoms with Gasteiger partial charge in [0.25, 0.3) is 0 Å². The molecule has 2 unspecified atom stereocenters. The first-order valence-electron chi connectivity index (χ1n) is 11.4. The average molecular weight is 504 g/mol. The lowest BCUT2D eigenvalue weighted by Crippen LogP contribution is -2.47. The lowest BCUT2D eigenvalue weighted by atomic mass is 10.1. The molecule has 12 nitrogen and oxygen atoms in total. The van der Waals surface area contributed by atoms with Gasteiger partial charge in [-0.1, -0.05) is 0 Å². The number of anilines is 1. The van der Waals surface area contributed by atoms with Crippen molar-refractivity contribution in [2.75, 3.05) is 26.0 Å². The second-order valence-electron chi connectivity index (χ2n) is 8.49. The van der Waals surface area contributed by atoms with E-state index in [4.69, 9.17) is 9.15 Å². The van der Waals surface area contributed by atoms with Crippen molar-refractivity contribution in [2.24, 2.45) is 0 Å². The van der Waals surface area contributed by atoms with Crippen LogP contribution in [0.15, 0.2) is 58.1 Å². The Morgan fingerprint density at radius 1 is 1.22 bits per heavy atom. The third-order valence-electron chi connectivity index (χ3n) is 5.58. The Kier molecular flexibility index (Phi) is 7.75. The highest BCUT2D eigenvalue weighted by Gasteiger charge is 2.26. The van der Waals surface area contributed by atoms with Crippen molar-refractivity contribution in [2.45, 2.75) is 25.1 Å². The molecule has 3 heterocycles. The number of amides is 2. The van der Waals surface area contributed by atoms with Gasteiger partial charge in [-0.2, -0.15) is 5.26 Å². The summed E-state index contributed by atoms with van der Waals surface area (Å²) >= 11 is 0. The Morgan fingerprint density at radius 3 is 2.73 bits per heavy atom. The quantitative estimate of drug-likeness (QED) is 0.291. The highest BCUT2D eigenvalue weighted by atomic mass is 16.5. The molecule has 3 aromatic heterocycles. The van der Waals surface area contributed by atoms with Crippen LogP contribution in [-0.2, 0) is 20.9 Å². The number of aromatic nitrogens is 3. The molecule has 37 heavy (non-hydrogen) atoms. The van der Waals surface area contributed by atoms with Crippen LogP contribution in [0.4, 0.5) is 5.82 Å². The van der Waals surface area contributed by atoms with Crippen LogP contribution in [-0.4, -0.2) is 64.5 Å². The van der Waals surface area contributed by atoms with Crippen molar-refractivity contribution in [1.82, 2.24) is 25.2 Å². The maximum Gasteiger partial charge on any atom is 0.418 e. The fourth-order valence-electron chi connectivity index (χ4n) is 3.62. The number of nitriles is 1. The Morgan fingerprint density at radius 2 is 2.00 bits per heavy atom. The minimum atomic E-state index is -1.11. The van der Waals surface area contributed by atoms with Crippen molar-refractivity contribution in [1.29, 1.82) is 5.26 Å². The Hall–Kier alpha value is -4.76. The van der Waals surface area contributed by atoms with E-state index in [2.05, 4.69) is 25.6 Å². The number of H-pyrrole nitrogens is 1. The summed E-state index contributed by atoms with van der Waals surface area (Å²) in [5.74, 6) is -1.49. The predicted octanol–water partition coefficient (Wildman–Crippen LogP) is 1.55. The van der Waals surface area contributed by atoms with Gasteiger partial charge >= 0.3 is 5.76 Å². The van der Waals surface area contributed by atoms with Gasteiger partial charge in [0.05, 0.1) is 36.6 Å². The molecular formula is C25H25N7O5. The van der Waals surface area contributed by atoms with Gasteiger partial charge in [-0.3, -0.25) is 24.5 Å². The van der Waals surface area contributed by atoms with Gasteiger partial charge in [-0.25, -0.2) is 4.79 Å². The standard InChI is InChI=1S/C25H25N7O5/c1-32(2)22(33)11-20(24(34)29-17(12-26)14-36-13-15-3-6-27-7-4-15)30-23-18-9-16-5-8-28-19(16)10-21(18)37-25(35)31-23/h3-10,17,20,30H,11,13-14H2,1-2H3,(H,29,34)(H,31,35). The average Bonchev–Trinajstić information content (AvgIpc) is 3.34. The number of carbonyl (C=O) groups is 2. The minimum Gasteiger partial charge on any atom is -0.409 e. The van der Waals surface area contributed by atoms with Crippen molar-refractivity contribution in [3.05, 3.63) is 65.0 Å². The lowest BCUT2D eigenvalue weighted by molar-refractivity contribution is -0.132. The second kappa shape index (κ2) is 11.3. The van der Waals surface area contributed by atoms with E-state index in [0.717, 1.165) is 10.9 Å². The van der Waals surface area contributed by atoms with E-state index in [1.165, 1.54) is 4.90 Å². The Labute approximate surface area is 211 Å². The first-order chi connectivity index (χ1) is 17.8. The zero-order chi connectivity index (χ0) is 26.4. The summed E-state index contributed by atoms with van der Waals surface area (Å²) < 4.78 is 10.8. The van der Waals surface area contributed by atoms with Crippen molar-refractivity contribution >= 4 is 39.5 Å². The number of fused-ring (bicyclic) bond motifs is 2. The molecule has 0 aliphatic heterocycles. The molecule has 1 aromatic carbocycles. The molecule has 0 spiro atoms. The van der Waals surface area contributed by atoms with Crippen LogP contribution in [0.5, 0.6) is 0 Å². The van der Waals surface area contributed by atoms with Crippen LogP contribution in [0.2, 0.25) is 0 Å². The van der Waals surface area contributed by atoms with Crippen molar-refractivity contribution < 1.29 is 18.7 Å². The lowest BCUT2D eigenvalue weighted by Gasteiger charge is -2.22. The maximum absolute atomic E-state index is 13.2. The molecule has 0 aliphatic rings. The molecule has 0 fully saturated rings. The van der Waals surface area contributed by atoms with Gasteiger partial charge in [0.2, 0.25) is 11.8 Å². The van der Waals surface area contributed by atoms with Crippen LogP contribution < -0.4 is 16.4 Å². The van der Waals surface area contributed by atoms with E-state index in [-0.39, 0.29) is 36.9 Å². The van der Waals surface area contributed by atoms with Gasteiger partial charge in [-0.05, 0) is 29.8 Å². The normalized spacial score (nSPS) is 12.6. The molecule has 3 N–H and O–H groups in total. The summed E-state index contributed by atoms with van der Waals surface area (Å²) in [7, 11) is 3.14. The van der Waals surface area contributed by atoms with Crippen molar-refractivity contribution in [3.8, 4) is 6.07 Å². The number of hydrogen-bond acceptors (Lipinski definition) is 9. The molecule has 190 valence electrons. The number of ether oxygens (including phenoxy) is 1. The van der Waals surface area contributed by atoms with Crippen LogP contribution in [0.25, 0.3) is 21.9 Å². The number of hydrogen-bond donors (Lipinski definition) is 3. The maximum atomic E-state index is 13.2. The van der Waals surface area contributed by atoms with E-state index >= 15 is 0 Å². The van der Waals surface area contributed by atoms with Crippen molar-refractivity contribution in [3.63, 3.8) is 0 Å². The van der Waals surface area contributed by atoms with Gasteiger partial charge < -0.3 is 24.7 Å². The summed E-state index contributed by atoms with van der Waals surface area (Å²) in [5.41, 5.74) is 1.78. The Balaban J connectivity index is 1.54. The molecule has 0 saturated carbocycles. The molecular weight excluding hydrogens is 478 g/mol. The number of rotatable bonds is 10. The topological polar surface area (TPSA) is 166 Å². The fraction of sp³-hybridized carbons (Fsp3) is 0.280. The predicted molar refractivity (Wildman–Crippen MR) is 134 cm³/mol. The molecule has 0 radical (unpaired) electrons. The van der Waals surface area contributed by atoms with E-state index < -0.39 is 23.7 Å². The monoisotopic (exact) mass is 503 g/mol. The highest BCUT2D eigenvalue weighted by Crippen LogP contribution is 2.26. The fourth-order valence-corrected chi connectivity index (χ4v) is 3.62. The van der Waals surface area contributed by atoms with E-state index in [1.54, 1.807) is 63.0 Å². The molecule has 4 aromatic rings. The highest BCUT2D eigenvalue weighted by molar-refractivity contribution is 6.00. The molecule has 12 heteroatoms. The molecule has 0 bridgehead atoms. The molecule has 2 atom stereocenters. The summed E-state index contributed by atoms with van der Waals surface area (Å²) in [4.78, 5) is 50.0. The third kappa shape index (κ3) is 6.28. The van der Waals surface area contributed by atoms with Crippen LogP contribution in [0.1, 0.15) is 12.0 Å². The van der Waals surface area contributed by atoms with E-state index in [0.29, 0.717) is 10.9 Å². The zero-order valence-corrected chi connectivity index (χ0v) is 20.2.